The number of rotatable bonds is 3. The molecular weight excluding hydrogens is 230 g/mol. The van der Waals surface area contributed by atoms with Crippen LogP contribution in [0.2, 0.25) is 0 Å². The van der Waals surface area contributed by atoms with E-state index in [2.05, 4.69) is 25.3 Å². The third-order valence-electron chi connectivity index (χ3n) is 2.42. The number of carbonyl (C=O) groups is 1. The van der Waals surface area contributed by atoms with Gasteiger partial charge in [-0.05, 0) is 18.2 Å². The first-order chi connectivity index (χ1) is 8.85. The van der Waals surface area contributed by atoms with Gasteiger partial charge in [-0.2, -0.15) is 4.98 Å². The molecular formula is C12H9N5O. The molecule has 3 aromatic rings. The molecule has 0 radical (unpaired) electrons. The van der Waals surface area contributed by atoms with Crippen molar-refractivity contribution >= 4 is 29.1 Å². The van der Waals surface area contributed by atoms with E-state index in [1.165, 1.54) is 0 Å². The van der Waals surface area contributed by atoms with Crippen LogP contribution in [0.15, 0.2) is 36.7 Å². The molecule has 0 saturated carbocycles. The molecule has 0 aliphatic rings. The van der Waals surface area contributed by atoms with Crippen molar-refractivity contribution in [2.45, 2.75) is 0 Å². The van der Waals surface area contributed by atoms with Crippen LogP contribution < -0.4 is 5.32 Å². The van der Waals surface area contributed by atoms with E-state index in [4.69, 9.17) is 0 Å². The van der Waals surface area contributed by atoms with Crippen molar-refractivity contribution in [3.8, 4) is 0 Å². The largest absolute Gasteiger partial charge is 0.337 e. The fourth-order valence-electron chi connectivity index (χ4n) is 1.61. The number of aromatic nitrogens is 4. The van der Waals surface area contributed by atoms with Crippen molar-refractivity contribution < 1.29 is 4.79 Å². The minimum atomic E-state index is 0.431. The van der Waals surface area contributed by atoms with Gasteiger partial charge in [-0.1, -0.05) is 6.07 Å². The second kappa shape index (κ2) is 4.25. The van der Waals surface area contributed by atoms with Crippen molar-refractivity contribution in [3.63, 3.8) is 0 Å². The molecule has 88 valence electrons. The van der Waals surface area contributed by atoms with Crippen molar-refractivity contribution in [2.24, 2.45) is 0 Å². The van der Waals surface area contributed by atoms with Gasteiger partial charge < -0.3 is 10.3 Å². The van der Waals surface area contributed by atoms with Crippen LogP contribution in [0, 0.1) is 0 Å². The molecule has 6 heteroatoms. The number of carbonyl (C=O) groups excluding carboxylic acids is 1. The number of nitrogens with one attached hydrogen (secondary N) is 2. The van der Waals surface area contributed by atoms with Crippen molar-refractivity contribution in [1.29, 1.82) is 0 Å². The van der Waals surface area contributed by atoms with Crippen LogP contribution in [0.1, 0.15) is 10.5 Å². The highest BCUT2D eigenvalue weighted by molar-refractivity contribution is 5.85. The molecule has 2 N–H and O–H groups in total. The van der Waals surface area contributed by atoms with Gasteiger partial charge in [0.1, 0.15) is 11.5 Å². The Kier molecular flexibility index (Phi) is 2.45. The number of aromatic amines is 1. The summed E-state index contributed by atoms with van der Waals surface area (Å²) in [7, 11) is 0. The van der Waals surface area contributed by atoms with E-state index in [1.54, 1.807) is 18.5 Å². The molecule has 0 spiro atoms. The number of fused-ring (bicyclic) bond motifs is 1. The number of pyridine rings is 1. The molecule has 0 aromatic carbocycles. The van der Waals surface area contributed by atoms with Gasteiger partial charge in [0.15, 0.2) is 6.29 Å². The van der Waals surface area contributed by atoms with Crippen LogP contribution in [-0.4, -0.2) is 26.2 Å². The zero-order valence-electron chi connectivity index (χ0n) is 9.29. The van der Waals surface area contributed by atoms with Crippen LogP contribution in [0.3, 0.4) is 0 Å². The van der Waals surface area contributed by atoms with E-state index >= 15 is 0 Å². The highest BCUT2D eigenvalue weighted by Crippen LogP contribution is 2.15. The third-order valence-corrected chi connectivity index (χ3v) is 2.42. The van der Waals surface area contributed by atoms with E-state index in [0.717, 1.165) is 11.7 Å². The van der Waals surface area contributed by atoms with E-state index in [9.17, 15) is 4.79 Å². The van der Waals surface area contributed by atoms with Crippen LogP contribution in [0.5, 0.6) is 0 Å². The Morgan fingerprint density at radius 3 is 3.00 bits per heavy atom. The Hall–Kier alpha value is -2.76. The SMILES string of the molecule is O=Cc1cc2cnc(Nc3ccccn3)nc2[nH]1. The second-order valence-corrected chi connectivity index (χ2v) is 3.68. The molecule has 0 saturated heterocycles. The molecule has 18 heavy (non-hydrogen) atoms. The summed E-state index contributed by atoms with van der Waals surface area (Å²) < 4.78 is 0. The lowest BCUT2D eigenvalue weighted by molar-refractivity contribution is 0.112. The molecule has 0 bridgehead atoms. The summed E-state index contributed by atoms with van der Waals surface area (Å²) >= 11 is 0. The zero-order valence-corrected chi connectivity index (χ0v) is 9.29. The smallest absolute Gasteiger partial charge is 0.230 e. The van der Waals surface area contributed by atoms with Gasteiger partial charge in [-0.15, -0.1) is 0 Å². The molecule has 3 aromatic heterocycles. The third kappa shape index (κ3) is 1.91. The molecule has 0 aliphatic carbocycles. The maximum atomic E-state index is 10.6. The van der Waals surface area contributed by atoms with Gasteiger partial charge >= 0.3 is 0 Å². The zero-order chi connectivity index (χ0) is 12.4. The van der Waals surface area contributed by atoms with E-state index < -0.39 is 0 Å². The fraction of sp³-hybridized carbons (Fsp3) is 0. The van der Waals surface area contributed by atoms with Crippen LogP contribution >= 0.6 is 0 Å². The Morgan fingerprint density at radius 2 is 2.22 bits per heavy atom. The topological polar surface area (TPSA) is 83.6 Å². The van der Waals surface area contributed by atoms with E-state index in [0.29, 0.717) is 23.1 Å². The lowest BCUT2D eigenvalue weighted by Gasteiger charge is -2.02. The Bertz CT molecular complexity index is 692. The highest BCUT2D eigenvalue weighted by atomic mass is 16.1. The number of hydrogen-bond donors (Lipinski definition) is 2. The molecule has 0 unspecified atom stereocenters. The van der Waals surface area contributed by atoms with Gasteiger partial charge in [0.25, 0.3) is 0 Å². The molecule has 6 nitrogen and oxygen atoms in total. The van der Waals surface area contributed by atoms with Crippen LogP contribution in [-0.2, 0) is 0 Å². The predicted octanol–water partition coefficient (Wildman–Crippen LogP) is 1.91. The first kappa shape index (κ1) is 10.4. The molecule has 0 aliphatic heterocycles. The van der Waals surface area contributed by atoms with Crippen molar-refractivity contribution in [3.05, 3.63) is 42.4 Å². The lowest BCUT2D eigenvalue weighted by Crippen LogP contribution is -1.98. The predicted molar refractivity (Wildman–Crippen MR) is 66.8 cm³/mol. The normalized spacial score (nSPS) is 10.4. The summed E-state index contributed by atoms with van der Waals surface area (Å²) in [5.41, 5.74) is 1.10. The van der Waals surface area contributed by atoms with Gasteiger partial charge in [0.2, 0.25) is 5.95 Å². The minimum Gasteiger partial charge on any atom is -0.337 e. The summed E-state index contributed by atoms with van der Waals surface area (Å²) in [4.78, 5) is 26.1. The average molecular weight is 239 g/mol. The number of aldehydes is 1. The molecule has 0 fully saturated rings. The quantitative estimate of drug-likeness (QED) is 0.682. The maximum Gasteiger partial charge on any atom is 0.230 e. The Balaban J connectivity index is 1.95. The van der Waals surface area contributed by atoms with Gasteiger partial charge in [0, 0.05) is 17.8 Å². The molecule has 0 atom stereocenters. The van der Waals surface area contributed by atoms with Crippen molar-refractivity contribution in [1.82, 2.24) is 19.9 Å². The van der Waals surface area contributed by atoms with E-state index in [-0.39, 0.29) is 0 Å². The first-order valence-corrected chi connectivity index (χ1v) is 5.34. The molecule has 3 rings (SSSR count). The summed E-state index contributed by atoms with van der Waals surface area (Å²) in [6.07, 6.45) is 4.07. The number of anilines is 2. The summed E-state index contributed by atoms with van der Waals surface area (Å²) in [6, 6.07) is 7.22. The van der Waals surface area contributed by atoms with E-state index in [1.807, 2.05) is 18.2 Å². The van der Waals surface area contributed by atoms with Gasteiger partial charge in [0.05, 0.1) is 5.69 Å². The fourth-order valence-corrected chi connectivity index (χ4v) is 1.61. The number of hydrogen-bond acceptors (Lipinski definition) is 5. The standard InChI is InChI=1S/C12H9N5O/c18-7-9-5-8-6-14-12(17-11(8)15-9)16-10-3-1-2-4-13-10/h1-7H,(H2,13,14,15,16,17). The van der Waals surface area contributed by atoms with Gasteiger partial charge in [-0.3, -0.25) is 4.79 Å². The van der Waals surface area contributed by atoms with Crippen LogP contribution in [0.25, 0.3) is 11.0 Å². The second-order valence-electron chi connectivity index (χ2n) is 3.68. The number of H-pyrrole nitrogens is 1. The maximum absolute atomic E-state index is 10.6. The Morgan fingerprint density at radius 1 is 1.28 bits per heavy atom. The van der Waals surface area contributed by atoms with Gasteiger partial charge in [-0.25, -0.2) is 9.97 Å². The summed E-state index contributed by atoms with van der Waals surface area (Å²) in [6.45, 7) is 0. The molecule has 3 heterocycles. The number of nitrogens with zero attached hydrogens (tertiary/aromatic N) is 3. The minimum absolute atomic E-state index is 0.431. The molecule has 0 amide bonds. The monoisotopic (exact) mass is 239 g/mol. The lowest BCUT2D eigenvalue weighted by atomic mass is 10.4. The Labute approximate surface area is 102 Å². The summed E-state index contributed by atoms with van der Waals surface area (Å²) in [5.74, 6) is 1.10. The van der Waals surface area contributed by atoms with Crippen LogP contribution in [0.4, 0.5) is 11.8 Å². The average Bonchev–Trinajstić information content (AvgIpc) is 2.82. The highest BCUT2D eigenvalue weighted by Gasteiger charge is 2.04. The first-order valence-electron chi connectivity index (χ1n) is 5.34. The summed E-state index contributed by atoms with van der Waals surface area (Å²) in [5, 5.41) is 3.78. The van der Waals surface area contributed by atoms with Crippen molar-refractivity contribution in [2.75, 3.05) is 5.32 Å².